The summed E-state index contributed by atoms with van der Waals surface area (Å²) >= 11 is 0. The predicted octanol–water partition coefficient (Wildman–Crippen LogP) is 4.07. The molecule has 8 nitrogen and oxygen atoms in total. The van der Waals surface area contributed by atoms with Gasteiger partial charge in [0, 0.05) is 50.7 Å². The highest BCUT2D eigenvalue weighted by Crippen LogP contribution is 2.23. The smallest absolute Gasteiger partial charge is 0.219 e. The van der Waals surface area contributed by atoms with E-state index in [0.717, 1.165) is 42.5 Å². The number of aliphatic imine (C=N–C) groups is 1. The molecule has 0 fully saturated rings. The molecule has 1 aromatic carbocycles. The summed E-state index contributed by atoms with van der Waals surface area (Å²) in [5.74, 6) is 2.71. The van der Waals surface area contributed by atoms with Gasteiger partial charge >= 0.3 is 0 Å². The zero-order valence-electron chi connectivity index (χ0n) is 19.0. The number of nitrogens with zero attached hydrogens (tertiary/aromatic N) is 4. The van der Waals surface area contributed by atoms with Crippen molar-refractivity contribution in [2.75, 3.05) is 20.7 Å². The molecule has 2 heterocycles. The molecule has 172 valence electrons. The first kappa shape index (κ1) is 25.4. The molecule has 0 aliphatic rings. The summed E-state index contributed by atoms with van der Waals surface area (Å²) in [5, 5.41) is 11.1. The Morgan fingerprint density at radius 1 is 1.09 bits per heavy atom. The number of aromatic nitrogens is 3. The molecule has 3 rings (SSSR count). The van der Waals surface area contributed by atoms with Crippen LogP contribution in [0.25, 0.3) is 0 Å². The van der Waals surface area contributed by atoms with E-state index in [2.05, 4.69) is 38.7 Å². The number of hydrogen-bond acceptors (Lipinski definition) is 5. The maximum atomic E-state index is 5.78. The van der Waals surface area contributed by atoms with E-state index in [4.69, 9.17) is 9.47 Å². The lowest BCUT2D eigenvalue weighted by molar-refractivity contribution is 0.407. The molecular formula is C23H31IN6O2. The molecule has 0 spiro atoms. The number of guanidine groups is 1. The van der Waals surface area contributed by atoms with Crippen molar-refractivity contribution in [2.24, 2.45) is 4.99 Å². The quantitative estimate of drug-likeness (QED) is 0.181. The van der Waals surface area contributed by atoms with E-state index in [0.29, 0.717) is 18.2 Å². The number of benzene rings is 1. The lowest BCUT2D eigenvalue weighted by Crippen LogP contribution is -2.37. The van der Waals surface area contributed by atoms with Crippen LogP contribution in [0.5, 0.6) is 17.4 Å². The van der Waals surface area contributed by atoms with Crippen molar-refractivity contribution in [1.82, 2.24) is 25.4 Å². The van der Waals surface area contributed by atoms with Gasteiger partial charge in [0.1, 0.15) is 11.5 Å². The van der Waals surface area contributed by atoms with Gasteiger partial charge in [0.2, 0.25) is 5.88 Å². The molecule has 0 saturated heterocycles. The van der Waals surface area contributed by atoms with Crippen LogP contribution < -0.4 is 20.1 Å². The average molecular weight is 550 g/mol. The van der Waals surface area contributed by atoms with Crippen LogP contribution in [0.2, 0.25) is 0 Å². The molecule has 0 aliphatic carbocycles. The number of rotatable bonds is 9. The van der Waals surface area contributed by atoms with Crippen LogP contribution in [0, 0.1) is 13.8 Å². The summed E-state index contributed by atoms with van der Waals surface area (Å²) in [6, 6.07) is 13.4. The second-order valence-electron chi connectivity index (χ2n) is 7.14. The number of nitrogens with one attached hydrogen (secondary N) is 2. The summed E-state index contributed by atoms with van der Waals surface area (Å²) < 4.78 is 13.0. The summed E-state index contributed by atoms with van der Waals surface area (Å²) in [7, 11) is 3.39. The van der Waals surface area contributed by atoms with Crippen LogP contribution in [-0.4, -0.2) is 41.4 Å². The molecule has 2 aromatic heterocycles. The predicted molar refractivity (Wildman–Crippen MR) is 137 cm³/mol. The molecule has 0 bridgehead atoms. The van der Waals surface area contributed by atoms with Crippen LogP contribution in [0.3, 0.4) is 0 Å². The van der Waals surface area contributed by atoms with Gasteiger partial charge in [-0.2, -0.15) is 5.10 Å². The first-order chi connectivity index (χ1) is 15.1. The SMILES string of the molecule is CN=C(NCCCn1nc(C)cc1C)NCc1ccc(Oc2cccc(OC)c2)nc1.I. The van der Waals surface area contributed by atoms with Crippen molar-refractivity contribution in [1.29, 1.82) is 0 Å². The average Bonchev–Trinajstić information content (AvgIpc) is 3.11. The fraction of sp³-hybridized carbons (Fsp3) is 0.348. The van der Waals surface area contributed by atoms with Gasteiger partial charge in [-0.1, -0.05) is 12.1 Å². The fourth-order valence-corrected chi connectivity index (χ4v) is 3.10. The Morgan fingerprint density at radius 2 is 1.91 bits per heavy atom. The summed E-state index contributed by atoms with van der Waals surface area (Å²) in [5.41, 5.74) is 3.27. The van der Waals surface area contributed by atoms with Crippen molar-refractivity contribution in [3.05, 3.63) is 65.6 Å². The van der Waals surface area contributed by atoms with E-state index in [1.165, 1.54) is 5.69 Å². The van der Waals surface area contributed by atoms with Gasteiger partial charge < -0.3 is 20.1 Å². The lowest BCUT2D eigenvalue weighted by atomic mass is 10.3. The molecule has 0 amide bonds. The number of aryl methyl sites for hydroxylation is 3. The molecule has 0 unspecified atom stereocenters. The highest BCUT2D eigenvalue weighted by molar-refractivity contribution is 14.0. The standard InChI is InChI=1S/C23H30N6O2.HI/c1-17-13-18(2)29(28-17)12-6-11-25-23(24-3)27-16-19-9-10-22(26-15-19)31-21-8-5-7-20(14-21)30-4;/h5,7-10,13-15H,6,11-12,16H2,1-4H3,(H2,24,25,27);1H. The minimum absolute atomic E-state index is 0. The maximum Gasteiger partial charge on any atom is 0.219 e. The zero-order valence-corrected chi connectivity index (χ0v) is 21.3. The molecule has 0 atom stereocenters. The maximum absolute atomic E-state index is 5.78. The van der Waals surface area contributed by atoms with Gasteiger partial charge in [-0.15, -0.1) is 24.0 Å². The highest BCUT2D eigenvalue weighted by atomic mass is 127. The van der Waals surface area contributed by atoms with Gasteiger partial charge in [-0.05, 0) is 44.0 Å². The Hall–Kier alpha value is -2.82. The van der Waals surface area contributed by atoms with E-state index >= 15 is 0 Å². The highest BCUT2D eigenvalue weighted by Gasteiger charge is 2.04. The largest absolute Gasteiger partial charge is 0.497 e. The first-order valence-corrected chi connectivity index (χ1v) is 10.3. The van der Waals surface area contributed by atoms with Gasteiger partial charge in [0.05, 0.1) is 12.8 Å². The van der Waals surface area contributed by atoms with Crippen molar-refractivity contribution < 1.29 is 9.47 Å². The summed E-state index contributed by atoms with van der Waals surface area (Å²) in [4.78, 5) is 8.65. The van der Waals surface area contributed by atoms with Crippen LogP contribution in [0.4, 0.5) is 0 Å². The molecule has 0 radical (unpaired) electrons. The number of hydrogen-bond donors (Lipinski definition) is 2. The zero-order chi connectivity index (χ0) is 22.1. The first-order valence-electron chi connectivity index (χ1n) is 10.3. The van der Waals surface area contributed by atoms with Gasteiger partial charge in [-0.25, -0.2) is 4.98 Å². The van der Waals surface area contributed by atoms with Gasteiger partial charge in [-0.3, -0.25) is 9.67 Å². The molecule has 0 saturated carbocycles. The lowest BCUT2D eigenvalue weighted by Gasteiger charge is -2.12. The molecule has 3 aromatic rings. The third-order valence-electron chi connectivity index (χ3n) is 4.69. The minimum Gasteiger partial charge on any atom is -0.497 e. The summed E-state index contributed by atoms with van der Waals surface area (Å²) in [6.45, 7) is 6.39. The van der Waals surface area contributed by atoms with Crippen LogP contribution in [-0.2, 0) is 13.1 Å². The second-order valence-corrected chi connectivity index (χ2v) is 7.14. The second kappa shape index (κ2) is 12.9. The van der Waals surface area contributed by atoms with E-state index in [9.17, 15) is 0 Å². The van der Waals surface area contributed by atoms with Crippen molar-refractivity contribution in [2.45, 2.75) is 33.4 Å². The van der Waals surface area contributed by atoms with E-state index in [1.807, 2.05) is 48.0 Å². The van der Waals surface area contributed by atoms with Gasteiger partial charge in [0.15, 0.2) is 5.96 Å². The van der Waals surface area contributed by atoms with Crippen LogP contribution in [0.15, 0.2) is 53.7 Å². The normalized spacial score (nSPS) is 10.9. The molecule has 2 N–H and O–H groups in total. The Kier molecular flexibility index (Phi) is 10.3. The van der Waals surface area contributed by atoms with Crippen LogP contribution in [0.1, 0.15) is 23.4 Å². The monoisotopic (exact) mass is 550 g/mol. The molecule has 32 heavy (non-hydrogen) atoms. The Balaban J connectivity index is 0.00000363. The number of halogens is 1. The number of pyridine rings is 1. The number of methoxy groups -OCH3 is 1. The van der Waals surface area contributed by atoms with Crippen LogP contribution >= 0.6 is 24.0 Å². The number of ether oxygens (including phenoxy) is 2. The van der Waals surface area contributed by atoms with E-state index in [-0.39, 0.29) is 24.0 Å². The Morgan fingerprint density at radius 3 is 2.56 bits per heavy atom. The topological polar surface area (TPSA) is 85.6 Å². The minimum atomic E-state index is 0. The van der Waals surface area contributed by atoms with E-state index in [1.54, 1.807) is 20.4 Å². The fourth-order valence-electron chi connectivity index (χ4n) is 3.10. The molecule has 9 heteroatoms. The summed E-state index contributed by atoms with van der Waals surface area (Å²) in [6.07, 6.45) is 2.75. The Bertz CT molecular complexity index is 1000. The van der Waals surface area contributed by atoms with Crippen molar-refractivity contribution in [3.63, 3.8) is 0 Å². The third kappa shape index (κ3) is 7.70. The van der Waals surface area contributed by atoms with Gasteiger partial charge in [0.25, 0.3) is 0 Å². The molecular weight excluding hydrogens is 519 g/mol. The Labute approximate surface area is 206 Å². The third-order valence-corrected chi connectivity index (χ3v) is 4.69. The van der Waals surface area contributed by atoms with Crippen molar-refractivity contribution in [3.8, 4) is 17.4 Å². The molecule has 0 aliphatic heterocycles. The van der Waals surface area contributed by atoms with Crippen molar-refractivity contribution >= 4 is 29.9 Å². The van der Waals surface area contributed by atoms with E-state index < -0.39 is 0 Å².